The Morgan fingerprint density at radius 1 is 1.44 bits per heavy atom. The van der Waals surface area contributed by atoms with Crippen molar-refractivity contribution in [2.45, 2.75) is 19.8 Å². The number of thiophene rings is 1. The number of carboxylic acids is 1. The maximum absolute atomic E-state index is 12.0. The van der Waals surface area contributed by atoms with E-state index in [1.165, 1.54) is 18.4 Å². The zero-order valence-electron chi connectivity index (χ0n) is 9.94. The number of aromatic amines is 1. The summed E-state index contributed by atoms with van der Waals surface area (Å²) in [6, 6.07) is 0. The third-order valence-electron chi connectivity index (χ3n) is 2.78. The predicted octanol–water partition coefficient (Wildman–Crippen LogP) is 0.478. The van der Waals surface area contributed by atoms with Crippen molar-refractivity contribution in [2.24, 2.45) is 7.05 Å². The molecule has 2 N–H and O–H groups in total. The number of H-pyrrole nitrogens is 1. The molecule has 18 heavy (non-hydrogen) atoms. The van der Waals surface area contributed by atoms with Crippen molar-refractivity contribution >= 4 is 27.5 Å². The van der Waals surface area contributed by atoms with Crippen LogP contribution in [0.4, 0.5) is 0 Å². The zero-order chi connectivity index (χ0) is 13.4. The second-order valence-electron chi connectivity index (χ2n) is 3.93. The van der Waals surface area contributed by atoms with Gasteiger partial charge in [-0.3, -0.25) is 19.1 Å². The number of nitrogens with one attached hydrogen (secondary N) is 1. The summed E-state index contributed by atoms with van der Waals surface area (Å²) in [5.74, 6) is -0.988. The van der Waals surface area contributed by atoms with Crippen LogP contribution in [0.5, 0.6) is 0 Å². The first-order valence-electron chi connectivity index (χ1n) is 5.41. The summed E-state index contributed by atoms with van der Waals surface area (Å²) in [4.78, 5) is 38.3. The highest BCUT2D eigenvalue weighted by atomic mass is 32.1. The van der Waals surface area contributed by atoms with Crippen LogP contribution >= 0.6 is 11.3 Å². The lowest BCUT2D eigenvalue weighted by atomic mass is 10.1. The van der Waals surface area contributed by atoms with E-state index < -0.39 is 17.2 Å². The van der Waals surface area contributed by atoms with Gasteiger partial charge in [-0.05, 0) is 12.0 Å². The minimum Gasteiger partial charge on any atom is -0.481 e. The van der Waals surface area contributed by atoms with E-state index in [1.54, 1.807) is 0 Å². The van der Waals surface area contributed by atoms with Crippen molar-refractivity contribution in [1.82, 2.24) is 9.55 Å². The quantitative estimate of drug-likeness (QED) is 0.846. The van der Waals surface area contributed by atoms with E-state index in [1.807, 2.05) is 6.92 Å². The first kappa shape index (κ1) is 12.6. The number of nitrogens with zero attached hydrogens (tertiary/aromatic N) is 1. The molecule has 0 atom stereocenters. The highest BCUT2D eigenvalue weighted by Gasteiger charge is 2.18. The van der Waals surface area contributed by atoms with E-state index in [-0.39, 0.29) is 6.42 Å². The Bertz CT molecular complexity index is 738. The van der Waals surface area contributed by atoms with Crippen LogP contribution in [0.25, 0.3) is 10.2 Å². The van der Waals surface area contributed by atoms with Gasteiger partial charge in [-0.1, -0.05) is 6.92 Å². The van der Waals surface area contributed by atoms with Crippen LogP contribution in [0, 0.1) is 0 Å². The molecule has 0 aromatic carbocycles. The summed E-state index contributed by atoms with van der Waals surface area (Å²) >= 11 is 1.27. The molecule has 0 saturated carbocycles. The fourth-order valence-electron chi connectivity index (χ4n) is 1.89. The molecule has 2 aromatic rings. The van der Waals surface area contributed by atoms with Crippen LogP contribution in [0.15, 0.2) is 9.59 Å². The molecular weight excluding hydrogens is 256 g/mol. The number of rotatable bonds is 3. The number of carboxylic acid groups (broad SMARTS) is 1. The van der Waals surface area contributed by atoms with Crippen LogP contribution in [0.1, 0.15) is 17.4 Å². The van der Waals surface area contributed by atoms with Gasteiger partial charge in [-0.15, -0.1) is 11.3 Å². The van der Waals surface area contributed by atoms with Gasteiger partial charge < -0.3 is 5.11 Å². The normalized spacial score (nSPS) is 11.0. The Kier molecular flexibility index (Phi) is 3.08. The van der Waals surface area contributed by atoms with Gasteiger partial charge in [0.15, 0.2) is 0 Å². The van der Waals surface area contributed by atoms with Gasteiger partial charge in [-0.2, -0.15) is 0 Å². The van der Waals surface area contributed by atoms with Gasteiger partial charge in [0.1, 0.15) is 4.83 Å². The van der Waals surface area contributed by atoms with Gasteiger partial charge in [0.05, 0.1) is 11.8 Å². The van der Waals surface area contributed by atoms with Crippen LogP contribution < -0.4 is 11.2 Å². The van der Waals surface area contributed by atoms with Gasteiger partial charge in [0.2, 0.25) is 0 Å². The lowest BCUT2D eigenvalue weighted by Gasteiger charge is -1.99. The highest BCUT2D eigenvalue weighted by molar-refractivity contribution is 7.18. The van der Waals surface area contributed by atoms with Crippen LogP contribution in [-0.4, -0.2) is 20.6 Å². The van der Waals surface area contributed by atoms with Gasteiger partial charge in [0, 0.05) is 11.9 Å². The number of aliphatic carboxylic acids is 1. The van der Waals surface area contributed by atoms with Crippen LogP contribution in [0.2, 0.25) is 0 Å². The molecule has 0 aliphatic carbocycles. The maximum Gasteiger partial charge on any atom is 0.329 e. The highest BCUT2D eigenvalue weighted by Crippen LogP contribution is 2.27. The first-order valence-corrected chi connectivity index (χ1v) is 6.22. The number of fused-ring (bicyclic) bond motifs is 1. The van der Waals surface area contributed by atoms with Crippen molar-refractivity contribution in [3.05, 3.63) is 31.3 Å². The molecule has 0 radical (unpaired) electrons. The minimum absolute atomic E-state index is 0.204. The number of aryl methyl sites for hydroxylation is 1. The van der Waals surface area contributed by atoms with Crippen LogP contribution in [-0.2, 0) is 24.7 Å². The summed E-state index contributed by atoms with van der Waals surface area (Å²) in [7, 11) is 1.37. The maximum atomic E-state index is 12.0. The van der Waals surface area contributed by atoms with E-state index in [4.69, 9.17) is 5.11 Å². The summed E-state index contributed by atoms with van der Waals surface area (Å²) in [6.45, 7) is 1.89. The van der Waals surface area contributed by atoms with E-state index in [9.17, 15) is 14.4 Å². The molecular formula is C11H12N2O4S. The zero-order valence-corrected chi connectivity index (χ0v) is 10.8. The van der Waals surface area contributed by atoms with E-state index in [0.717, 1.165) is 9.44 Å². The summed E-state index contributed by atoms with van der Waals surface area (Å²) in [6.07, 6.45) is 0.428. The second-order valence-corrected chi connectivity index (χ2v) is 5.03. The predicted molar refractivity (Wildman–Crippen MR) is 68.4 cm³/mol. The van der Waals surface area contributed by atoms with Gasteiger partial charge in [-0.25, -0.2) is 4.79 Å². The molecule has 2 heterocycles. The van der Waals surface area contributed by atoms with Gasteiger partial charge in [0.25, 0.3) is 5.56 Å². The minimum atomic E-state index is -0.988. The lowest BCUT2D eigenvalue weighted by Crippen LogP contribution is -2.32. The Hall–Kier alpha value is -1.89. The fraction of sp³-hybridized carbons (Fsp3) is 0.364. The van der Waals surface area contributed by atoms with Crippen LogP contribution in [0.3, 0.4) is 0 Å². The standard InChI is InChI=1S/C11H12N2O4S/c1-3-6-5(4-7(14)15)8-9(18-6)12-11(17)13(2)10(8)16/h3-4H2,1-2H3,(H,12,17)(H,14,15). The lowest BCUT2D eigenvalue weighted by molar-refractivity contribution is -0.136. The smallest absolute Gasteiger partial charge is 0.329 e. The van der Waals surface area contributed by atoms with Crippen molar-refractivity contribution < 1.29 is 9.90 Å². The Balaban J connectivity index is 2.90. The molecule has 0 bridgehead atoms. The Labute approximate surface area is 106 Å². The third kappa shape index (κ3) is 1.86. The molecule has 0 aliphatic rings. The summed E-state index contributed by atoms with van der Waals surface area (Å²) in [5.41, 5.74) is -0.416. The summed E-state index contributed by atoms with van der Waals surface area (Å²) < 4.78 is 0.958. The molecule has 0 spiro atoms. The number of aromatic nitrogens is 2. The molecule has 0 fully saturated rings. The molecule has 6 nitrogen and oxygen atoms in total. The van der Waals surface area contributed by atoms with Gasteiger partial charge >= 0.3 is 11.7 Å². The first-order chi connectivity index (χ1) is 8.45. The summed E-state index contributed by atoms with van der Waals surface area (Å²) in [5, 5.41) is 9.22. The number of hydrogen-bond donors (Lipinski definition) is 2. The molecule has 0 unspecified atom stereocenters. The molecule has 0 aliphatic heterocycles. The largest absolute Gasteiger partial charge is 0.481 e. The van der Waals surface area contributed by atoms with Crippen molar-refractivity contribution in [3.63, 3.8) is 0 Å². The molecule has 96 valence electrons. The monoisotopic (exact) mass is 268 g/mol. The number of hydrogen-bond acceptors (Lipinski definition) is 4. The van der Waals surface area contributed by atoms with Crippen molar-refractivity contribution in [2.75, 3.05) is 0 Å². The second kappa shape index (κ2) is 4.41. The van der Waals surface area contributed by atoms with E-state index >= 15 is 0 Å². The molecule has 2 rings (SSSR count). The van der Waals surface area contributed by atoms with Crippen molar-refractivity contribution in [3.8, 4) is 0 Å². The molecule has 0 amide bonds. The average Bonchev–Trinajstić information content (AvgIpc) is 2.63. The molecule has 7 heteroatoms. The molecule has 2 aromatic heterocycles. The third-order valence-corrected chi connectivity index (χ3v) is 4.08. The van der Waals surface area contributed by atoms with E-state index in [0.29, 0.717) is 22.2 Å². The topological polar surface area (TPSA) is 92.2 Å². The van der Waals surface area contributed by atoms with Crippen molar-refractivity contribution in [1.29, 1.82) is 0 Å². The number of carbonyl (C=O) groups is 1. The Morgan fingerprint density at radius 3 is 2.67 bits per heavy atom. The molecule has 0 saturated heterocycles. The average molecular weight is 268 g/mol. The Morgan fingerprint density at radius 2 is 2.11 bits per heavy atom. The van der Waals surface area contributed by atoms with E-state index in [2.05, 4.69) is 4.98 Å². The SMILES string of the molecule is CCc1sc2[nH]c(=O)n(C)c(=O)c2c1CC(=O)O. The fourth-order valence-corrected chi connectivity index (χ4v) is 3.03.